The summed E-state index contributed by atoms with van der Waals surface area (Å²) in [5, 5.41) is 10.7. The Bertz CT molecular complexity index is 991. The van der Waals surface area contributed by atoms with Crippen LogP contribution >= 0.6 is 0 Å². The molecule has 0 aliphatic carbocycles. The minimum atomic E-state index is -0.708. The summed E-state index contributed by atoms with van der Waals surface area (Å²) in [4.78, 5) is 29.8. The Labute approximate surface area is 183 Å². The topological polar surface area (TPSA) is 70.1 Å². The summed E-state index contributed by atoms with van der Waals surface area (Å²) in [6.07, 6.45) is 0. The molecule has 1 heterocycles. The number of hydrogen-bond donors (Lipinski definition) is 1. The van der Waals surface area contributed by atoms with Gasteiger partial charge < -0.3 is 14.7 Å². The number of anilines is 2. The van der Waals surface area contributed by atoms with Gasteiger partial charge in [-0.15, -0.1) is 0 Å². The van der Waals surface area contributed by atoms with E-state index in [0.29, 0.717) is 11.4 Å². The first kappa shape index (κ1) is 22.4. The van der Waals surface area contributed by atoms with Crippen molar-refractivity contribution < 1.29 is 19.4 Å². The smallest absolute Gasteiger partial charge is 0.294 e. The Morgan fingerprint density at radius 2 is 1.77 bits per heavy atom. The standard InChI is InChI=1S/C25H30N2O4/c1-6-26(7-2)18-13-11-17(12-14-18)22-21(23(28)16(3)4)24(29)25(30)27(22)19-9-8-10-20(15-19)31-5/h8-16,22,29H,6-7H2,1-5H3. The van der Waals surface area contributed by atoms with E-state index in [1.54, 1.807) is 45.2 Å². The number of aliphatic hydroxyl groups is 1. The van der Waals surface area contributed by atoms with Gasteiger partial charge in [0.1, 0.15) is 5.75 Å². The molecular formula is C25H30N2O4. The predicted octanol–water partition coefficient (Wildman–Crippen LogP) is 4.67. The lowest BCUT2D eigenvalue weighted by Gasteiger charge is -2.28. The lowest BCUT2D eigenvalue weighted by atomic mass is 9.91. The molecule has 1 unspecified atom stereocenters. The number of Topliss-reactive ketones (excluding diaryl/α,β-unsaturated/α-hetero) is 1. The molecule has 6 heteroatoms. The lowest BCUT2D eigenvalue weighted by Crippen LogP contribution is -2.31. The van der Waals surface area contributed by atoms with Crippen LogP contribution < -0.4 is 14.5 Å². The molecular weight excluding hydrogens is 392 g/mol. The number of carbonyl (C=O) groups excluding carboxylic acids is 2. The number of benzene rings is 2. The van der Waals surface area contributed by atoms with Crippen molar-refractivity contribution in [3.05, 3.63) is 65.4 Å². The highest BCUT2D eigenvalue weighted by molar-refractivity contribution is 6.16. The molecule has 6 nitrogen and oxygen atoms in total. The summed E-state index contributed by atoms with van der Waals surface area (Å²) in [6, 6.07) is 14.2. The van der Waals surface area contributed by atoms with Gasteiger partial charge in [-0.25, -0.2) is 0 Å². The number of amides is 1. The highest BCUT2D eigenvalue weighted by atomic mass is 16.5. The van der Waals surface area contributed by atoms with Crippen LogP contribution in [0.2, 0.25) is 0 Å². The summed E-state index contributed by atoms with van der Waals surface area (Å²) in [7, 11) is 1.55. The molecule has 0 radical (unpaired) electrons. The molecule has 1 amide bonds. The Hall–Kier alpha value is -3.28. The van der Waals surface area contributed by atoms with Crippen LogP contribution in [0.25, 0.3) is 0 Å². The Morgan fingerprint density at radius 3 is 2.32 bits per heavy atom. The van der Waals surface area contributed by atoms with Crippen molar-refractivity contribution in [1.82, 2.24) is 0 Å². The maximum absolute atomic E-state index is 13.1. The zero-order valence-electron chi connectivity index (χ0n) is 18.8. The van der Waals surface area contributed by atoms with Crippen molar-refractivity contribution in [3.8, 4) is 5.75 Å². The summed E-state index contributed by atoms with van der Waals surface area (Å²) in [6.45, 7) is 9.48. The van der Waals surface area contributed by atoms with E-state index in [4.69, 9.17) is 4.74 Å². The van der Waals surface area contributed by atoms with Crippen LogP contribution in [0, 0.1) is 5.92 Å². The summed E-state index contributed by atoms with van der Waals surface area (Å²) < 4.78 is 5.31. The molecule has 0 spiro atoms. The van der Waals surface area contributed by atoms with E-state index in [1.807, 2.05) is 24.3 Å². The first-order valence-corrected chi connectivity index (χ1v) is 10.6. The zero-order chi connectivity index (χ0) is 22.7. The number of hydrogen-bond acceptors (Lipinski definition) is 5. The third kappa shape index (κ3) is 4.15. The lowest BCUT2D eigenvalue weighted by molar-refractivity contribution is -0.119. The van der Waals surface area contributed by atoms with Gasteiger partial charge in [-0.05, 0) is 43.7 Å². The van der Waals surface area contributed by atoms with Gasteiger partial charge in [-0.1, -0.05) is 32.0 Å². The number of ether oxygens (including phenoxy) is 1. The number of rotatable bonds is 8. The van der Waals surface area contributed by atoms with Gasteiger partial charge in [0.2, 0.25) is 0 Å². The third-order valence-corrected chi connectivity index (χ3v) is 5.67. The van der Waals surface area contributed by atoms with Gasteiger partial charge in [0.25, 0.3) is 5.91 Å². The van der Waals surface area contributed by atoms with Gasteiger partial charge in [0.15, 0.2) is 11.5 Å². The molecule has 164 valence electrons. The van der Waals surface area contributed by atoms with Crippen molar-refractivity contribution in [1.29, 1.82) is 0 Å². The Balaban J connectivity index is 2.13. The molecule has 1 atom stereocenters. The van der Waals surface area contributed by atoms with Crippen molar-refractivity contribution >= 4 is 23.1 Å². The van der Waals surface area contributed by atoms with E-state index in [1.165, 1.54) is 4.90 Å². The van der Waals surface area contributed by atoms with Crippen LogP contribution in [0.1, 0.15) is 39.3 Å². The van der Waals surface area contributed by atoms with Gasteiger partial charge >= 0.3 is 0 Å². The molecule has 2 aromatic carbocycles. The molecule has 0 bridgehead atoms. The molecule has 2 aromatic rings. The molecule has 3 rings (SSSR count). The second kappa shape index (κ2) is 9.25. The molecule has 1 N–H and O–H groups in total. The largest absolute Gasteiger partial charge is 0.503 e. The van der Waals surface area contributed by atoms with E-state index in [-0.39, 0.29) is 17.3 Å². The zero-order valence-corrected chi connectivity index (χ0v) is 18.8. The van der Waals surface area contributed by atoms with Crippen LogP contribution in [0.4, 0.5) is 11.4 Å². The SMILES string of the molecule is CCN(CC)c1ccc(C2C(C(=O)C(C)C)=C(O)C(=O)N2c2cccc(OC)c2)cc1. The highest BCUT2D eigenvalue weighted by Crippen LogP contribution is 2.42. The molecule has 31 heavy (non-hydrogen) atoms. The maximum atomic E-state index is 13.1. The summed E-state index contributed by atoms with van der Waals surface area (Å²) in [5.41, 5.74) is 2.52. The minimum Gasteiger partial charge on any atom is -0.503 e. The van der Waals surface area contributed by atoms with E-state index in [0.717, 1.165) is 24.3 Å². The van der Waals surface area contributed by atoms with Crippen molar-refractivity contribution in [3.63, 3.8) is 0 Å². The number of ketones is 1. The highest BCUT2D eigenvalue weighted by Gasteiger charge is 2.44. The van der Waals surface area contributed by atoms with Crippen LogP contribution in [0.3, 0.4) is 0 Å². The molecule has 1 aliphatic rings. The van der Waals surface area contributed by atoms with E-state index < -0.39 is 17.7 Å². The van der Waals surface area contributed by atoms with Crippen LogP contribution in [-0.4, -0.2) is 37.0 Å². The van der Waals surface area contributed by atoms with Crippen molar-refractivity contribution in [2.75, 3.05) is 30.0 Å². The summed E-state index contributed by atoms with van der Waals surface area (Å²) in [5.74, 6) is -1.08. The van der Waals surface area contributed by atoms with Gasteiger partial charge in [-0.2, -0.15) is 0 Å². The number of methoxy groups -OCH3 is 1. The van der Waals surface area contributed by atoms with Crippen LogP contribution in [-0.2, 0) is 9.59 Å². The monoisotopic (exact) mass is 422 g/mol. The molecule has 0 saturated carbocycles. The predicted molar refractivity (Wildman–Crippen MR) is 123 cm³/mol. The first-order chi connectivity index (χ1) is 14.8. The average molecular weight is 423 g/mol. The fourth-order valence-corrected chi connectivity index (χ4v) is 3.97. The second-order valence-corrected chi connectivity index (χ2v) is 7.82. The van der Waals surface area contributed by atoms with E-state index in [2.05, 4.69) is 18.7 Å². The number of aliphatic hydroxyl groups excluding tert-OH is 1. The van der Waals surface area contributed by atoms with Crippen LogP contribution in [0.15, 0.2) is 59.9 Å². The average Bonchev–Trinajstić information content (AvgIpc) is 3.05. The van der Waals surface area contributed by atoms with Crippen LogP contribution in [0.5, 0.6) is 5.75 Å². The fourth-order valence-electron chi connectivity index (χ4n) is 3.97. The van der Waals surface area contributed by atoms with Gasteiger partial charge in [0, 0.05) is 36.4 Å². The Kier molecular flexibility index (Phi) is 6.68. The third-order valence-electron chi connectivity index (χ3n) is 5.67. The van der Waals surface area contributed by atoms with Gasteiger partial charge in [-0.3, -0.25) is 14.5 Å². The normalized spacial score (nSPS) is 16.3. The quantitative estimate of drug-likeness (QED) is 0.670. The first-order valence-electron chi connectivity index (χ1n) is 10.6. The molecule has 1 aliphatic heterocycles. The van der Waals surface area contributed by atoms with Crippen molar-refractivity contribution in [2.24, 2.45) is 5.92 Å². The molecule has 0 saturated heterocycles. The number of nitrogens with zero attached hydrogens (tertiary/aromatic N) is 2. The maximum Gasteiger partial charge on any atom is 0.294 e. The Morgan fingerprint density at radius 1 is 1.13 bits per heavy atom. The second-order valence-electron chi connectivity index (χ2n) is 7.82. The van der Waals surface area contributed by atoms with Gasteiger partial charge in [0.05, 0.1) is 18.7 Å². The van der Waals surface area contributed by atoms with Crippen molar-refractivity contribution in [2.45, 2.75) is 33.7 Å². The van der Waals surface area contributed by atoms with E-state index >= 15 is 0 Å². The summed E-state index contributed by atoms with van der Waals surface area (Å²) >= 11 is 0. The minimum absolute atomic E-state index is 0.137. The molecule has 0 aromatic heterocycles. The number of carbonyl (C=O) groups is 2. The fraction of sp³-hybridized carbons (Fsp3) is 0.360. The molecule has 0 fully saturated rings. The van der Waals surface area contributed by atoms with E-state index in [9.17, 15) is 14.7 Å².